The molecule has 1 fully saturated rings. The van der Waals surface area contributed by atoms with Gasteiger partial charge in [-0.1, -0.05) is 0 Å². The molecule has 0 unspecified atom stereocenters. The summed E-state index contributed by atoms with van der Waals surface area (Å²) in [5, 5.41) is 3.30. The lowest BCUT2D eigenvalue weighted by Crippen LogP contribution is -2.34. The van der Waals surface area contributed by atoms with Crippen molar-refractivity contribution < 1.29 is 9.21 Å². The highest BCUT2D eigenvalue weighted by Gasteiger charge is 2.19. The Balaban J connectivity index is 1.83. The predicted molar refractivity (Wildman–Crippen MR) is 80.1 cm³/mol. The van der Waals surface area contributed by atoms with Gasteiger partial charge in [-0.2, -0.15) is 0 Å². The molecule has 0 bridgehead atoms. The van der Waals surface area contributed by atoms with Crippen molar-refractivity contribution in [2.24, 2.45) is 0 Å². The molecule has 21 heavy (non-hydrogen) atoms. The van der Waals surface area contributed by atoms with Crippen LogP contribution in [0.5, 0.6) is 0 Å². The van der Waals surface area contributed by atoms with E-state index in [2.05, 4.69) is 10.3 Å². The molecule has 0 aromatic carbocycles. The molecule has 3 rings (SSSR count). The van der Waals surface area contributed by atoms with Crippen molar-refractivity contribution in [3.63, 3.8) is 0 Å². The molecule has 1 N–H and O–H groups in total. The molecule has 1 saturated heterocycles. The first-order chi connectivity index (χ1) is 10.3. The number of furan rings is 1. The maximum atomic E-state index is 12.6. The molecule has 5 nitrogen and oxygen atoms in total. The first-order valence-electron chi connectivity index (χ1n) is 7.27. The quantitative estimate of drug-likeness (QED) is 0.918. The molecule has 1 amide bonds. The Labute approximate surface area is 124 Å². The molecule has 2 aromatic rings. The molecule has 2 aromatic heterocycles. The van der Waals surface area contributed by atoms with Gasteiger partial charge in [-0.3, -0.25) is 4.79 Å². The Morgan fingerprint density at radius 1 is 1.29 bits per heavy atom. The Hall–Kier alpha value is -2.14. The van der Waals surface area contributed by atoms with Gasteiger partial charge in [-0.25, -0.2) is 4.98 Å². The third-order valence-electron chi connectivity index (χ3n) is 3.72. The molecule has 1 aliphatic rings. The fraction of sp³-hybridized carbons (Fsp3) is 0.375. The average molecular weight is 285 g/mol. The van der Waals surface area contributed by atoms with Crippen molar-refractivity contribution in [3.8, 4) is 11.5 Å². The first kappa shape index (κ1) is 13.8. The highest BCUT2D eigenvalue weighted by atomic mass is 16.3. The van der Waals surface area contributed by atoms with Crippen LogP contribution < -0.4 is 5.32 Å². The van der Waals surface area contributed by atoms with Crippen LogP contribution in [-0.2, 0) is 0 Å². The fourth-order valence-electron chi connectivity index (χ4n) is 2.57. The van der Waals surface area contributed by atoms with Gasteiger partial charge in [0.05, 0.1) is 17.5 Å². The largest absolute Gasteiger partial charge is 0.463 e. The third-order valence-corrected chi connectivity index (χ3v) is 3.72. The smallest absolute Gasteiger partial charge is 0.255 e. The summed E-state index contributed by atoms with van der Waals surface area (Å²) in [6.45, 7) is 5.24. The number of nitrogens with one attached hydrogen (secondary N) is 1. The summed E-state index contributed by atoms with van der Waals surface area (Å²) in [5.41, 5.74) is 2.17. The van der Waals surface area contributed by atoms with Crippen molar-refractivity contribution in [3.05, 3.63) is 41.8 Å². The zero-order valence-electron chi connectivity index (χ0n) is 12.1. The normalized spacial score (nSPS) is 15.8. The number of hydrogen-bond acceptors (Lipinski definition) is 4. The second-order valence-electron chi connectivity index (χ2n) is 5.20. The van der Waals surface area contributed by atoms with Crippen LogP contribution in [0.4, 0.5) is 0 Å². The van der Waals surface area contributed by atoms with Gasteiger partial charge >= 0.3 is 0 Å². The van der Waals surface area contributed by atoms with Crippen molar-refractivity contribution in [2.45, 2.75) is 13.3 Å². The van der Waals surface area contributed by atoms with Gasteiger partial charge in [-0.05, 0) is 44.2 Å². The molecule has 0 spiro atoms. The average Bonchev–Trinajstić information content (AvgIpc) is 2.89. The second kappa shape index (κ2) is 6.10. The Bertz CT molecular complexity index is 614. The fourth-order valence-corrected chi connectivity index (χ4v) is 2.57. The van der Waals surface area contributed by atoms with E-state index in [9.17, 15) is 4.79 Å². The number of carbonyl (C=O) groups excluding carboxylic acids is 1. The SMILES string of the molecule is Cc1nc(-c2ccco2)ccc1C(=O)N1CCCNCC1. The third kappa shape index (κ3) is 2.97. The Morgan fingerprint density at radius 2 is 2.19 bits per heavy atom. The number of nitrogens with zero attached hydrogens (tertiary/aromatic N) is 2. The summed E-state index contributed by atoms with van der Waals surface area (Å²) >= 11 is 0. The lowest BCUT2D eigenvalue weighted by atomic mass is 10.1. The minimum absolute atomic E-state index is 0.0645. The summed E-state index contributed by atoms with van der Waals surface area (Å²) in [4.78, 5) is 19.0. The molecule has 0 saturated carbocycles. The lowest BCUT2D eigenvalue weighted by Gasteiger charge is -2.20. The van der Waals surface area contributed by atoms with E-state index in [0.29, 0.717) is 5.56 Å². The summed E-state index contributed by atoms with van der Waals surface area (Å²) in [5.74, 6) is 0.783. The number of rotatable bonds is 2. The van der Waals surface area contributed by atoms with Crippen LogP contribution in [0.25, 0.3) is 11.5 Å². The minimum Gasteiger partial charge on any atom is -0.463 e. The van der Waals surface area contributed by atoms with E-state index in [0.717, 1.165) is 49.7 Å². The van der Waals surface area contributed by atoms with Crippen molar-refractivity contribution >= 4 is 5.91 Å². The first-order valence-corrected chi connectivity index (χ1v) is 7.27. The zero-order valence-corrected chi connectivity index (χ0v) is 12.1. The number of carbonyl (C=O) groups is 1. The van der Waals surface area contributed by atoms with Crippen LogP contribution in [0.1, 0.15) is 22.5 Å². The topological polar surface area (TPSA) is 58.4 Å². The van der Waals surface area contributed by atoms with Crippen molar-refractivity contribution in [1.82, 2.24) is 15.2 Å². The maximum Gasteiger partial charge on any atom is 0.255 e. The Morgan fingerprint density at radius 3 is 2.95 bits per heavy atom. The minimum atomic E-state index is 0.0645. The number of pyridine rings is 1. The summed E-state index contributed by atoms with van der Waals surface area (Å²) in [7, 11) is 0. The molecule has 110 valence electrons. The predicted octanol–water partition coefficient (Wildman–Crippen LogP) is 2.09. The van der Waals surface area contributed by atoms with E-state index in [-0.39, 0.29) is 5.91 Å². The molecule has 5 heteroatoms. The standard InChI is InChI=1S/C16H19N3O2/c1-12-13(16(20)19-9-3-7-17-8-10-19)5-6-14(18-12)15-4-2-11-21-15/h2,4-6,11,17H,3,7-10H2,1H3. The van der Waals surface area contributed by atoms with Crippen molar-refractivity contribution in [1.29, 1.82) is 0 Å². The van der Waals surface area contributed by atoms with Gasteiger partial charge in [-0.15, -0.1) is 0 Å². The highest BCUT2D eigenvalue weighted by Crippen LogP contribution is 2.20. The Kier molecular flexibility index (Phi) is 4.01. The number of hydrogen-bond donors (Lipinski definition) is 1. The van der Waals surface area contributed by atoms with Gasteiger partial charge in [0.25, 0.3) is 5.91 Å². The molecule has 0 atom stereocenters. The van der Waals surface area contributed by atoms with Crippen LogP contribution in [0.15, 0.2) is 34.9 Å². The van der Waals surface area contributed by atoms with E-state index in [1.165, 1.54) is 0 Å². The van der Waals surface area contributed by atoms with E-state index in [1.54, 1.807) is 6.26 Å². The van der Waals surface area contributed by atoms with E-state index >= 15 is 0 Å². The van der Waals surface area contributed by atoms with Crippen molar-refractivity contribution in [2.75, 3.05) is 26.2 Å². The van der Waals surface area contributed by atoms with Gasteiger partial charge < -0.3 is 14.6 Å². The van der Waals surface area contributed by atoms with E-state index in [1.807, 2.05) is 36.1 Å². The lowest BCUT2D eigenvalue weighted by molar-refractivity contribution is 0.0765. The van der Waals surface area contributed by atoms with Gasteiger partial charge in [0.15, 0.2) is 5.76 Å². The van der Waals surface area contributed by atoms with E-state index in [4.69, 9.17) is 4.42 Å². The highest BCUT2D eigenvalue weighted by molar-refractivity contribution is 5.95. The molecular formula is C16H19N3O2. The van der Waals surface area contributed by atoms with Gasteiger partial charge in [0, 0.05) is 19.6 Å². The van der Waals surface area contributed by atoms with Gasteiger partial charge in [0.1, 0.15) is 5.69 Å². The summed E-state index contributed by atoms with van der Waals surface area (Å²) in [6, 6.07) is 7.38. The maximum absolute atomic E-state index is 12.6. The number of amides is 1. The van der Waals surface area contributed by atoms with Crippen LogP contribution in [0, 0.1) is 6.92 Å². The number of aromatic nitrogens is 1. The molecular weight excluding hydrogens is 266 g/mol. The summed E-state index contributed by atoms with van der Waals surface area (Å²) < 4.78 is 5.34. The number of aryl methyl sites for hydroxylation is 1. The van der Waals surface area contributed by atoms with Crippen LogP contribution in [0.2, 0.25) is 0 Å². The molecule has 0 radical (unpaired) electrons. The monoisotopic (exact) mass is 285 g/mol. The summed E-state index contributed by atoms with van der Waals surface area (Å²) in [6.07, 6.45) is 2.61. The zero-order chi connectivity index (χ0) is 14.7. The molecule has 3 heterocycles. The molecule has 0 aliphatic carbocycles. The molecule has 1 aliphatic heterocycles. The van der Waals surface area contributed by atoms with Gasteiger partial charge in [0.2, 0.25) is 0 Å². The van der Waals surface area contributed by atoms with Crippen LogP contribution in [0.3, 0.4) is 0 Å². The van der Waals surface area contributed by atoms with E-state index < -0.39 is 0 Å². The van der Waals surface area contributed by atoms with Crippen LogP contribution >= 0.6 is 0 Å². The second-order valence-corrected chi connectivity index (χ2v) is 5.20. The van der Waals surface area contributed by atoms with Crippen LogP contribution in [-0.4, -0.2) is 42.0 Å².